The van der Waals surface area contributed by atoms with Gasteiger partial charge in [0.2, 0.25) is 5.91 Å². The van der Waals surface area contributed by atoms with Gasteiger partial charge >= 0.3 is 0 Å². The van der Waals surface area contributed by atoms with Crippen molar-refractivity contribution in [2.75, 3.05) is 25.9 Å². The van der Waals surface area contributed by atoms with Crippen LogP contribution in [0.15, 0.2) is 66.1 Å². The molecule has 1 aliphatic heterocycles. The second-order valence-electron chi connectivity index (χ2n) is 8.70. The van der Waals surface area contributed by atoms with Crippen LogP contribution >= 0.6 is 35.0 Å². The van der Waals surface area contributed by atoms with Gasteiger partial charge in [-0.1, -0.05) is 71.4 Å². The smallest absolute Gasteiger partial charge is 0.230 e. The van der Waals surface area contributed by atoms with Gasteiger partial charge in [-0.05, 0) is 55.5 Å². The average Bonchev–Trinajstić information content (AvgIpc) is 3.19. The van der Waals surface area contributed by atoms with Gasteiger partial charge < -0.3 is 10.2 Å². The number of carbonyl (C=O) groups is 1. The molecule has 4 rings (SSSR count). The summed E-state index contributed by atoms with van der Waals surface area (Å²) in [5.74, 6) is 0.897. The maximum absolute atomic E-state index is 12.3. The van der Waals surface area contributed by atoms with Crippen molar-refractivity contribution in [2.24, 2.45) is 5.92 Å². The number of nitrogens with one attached hydrogen (secondary N) is 1. The predicted octanol–water partition coefficient (Wildman–Crippen LogP) is 5.61. The standard InChI is InChI=1S/C26H28Cl2N4OS/c1-32-16-19(11-18-7-8-23(27)24(28)13-18)12-22(32)9-10-29-25(33)17-34-26-30-14-21(15-31-26)20-5-3-2-4-6-20/h2-8,13-15,19,22H,9-12,16-17H2,1H3,(H,29,33)/t19-,22-/m1/s1. The summed E-state index contributed by atoms with van der Waals surface area (Å²) in [6.07, 6.45) is 6.64. The number of aromatic nitrogens is 2. The first-order chi connectivity index (χ1) is 16.5. The van der Waals surface area contributed by atoms with Crippen LogP contribution in [0.1, 0.15) is 18.4 Å². The second kappa shape index (κ2) is 12.0. The van der Waals surface area contributed by atoms with Gasteiger partial charge in [-0.25, -0.2) is 9.97 Å². The Morgan fingerprint density at radius 3 is 2.59 bits per heavy atom. The van der Waals surface area contributed by atoms with Crippen molar-refractivity contribution in [1.29, 1.82) is 0 Å². The molecule has 178 valence electrons. The fraction of sp³-hybridized carbons (Fsp3) is 0.346. The van der Waals surface area contributed by atoms with Gasteiger partial charge in [0.1, 0.15) is 0 Å². The molecule has 1 aliphatic rings. The first-order valence-corrected chi connectivity index (χ1v) is 13.1. The van der Waals surface area contributed by atoms with Crippen LogP contribution in [0.2, 0.25) is 10.0 Å². The normalized spacial score (nSPS) is 18.2. The zero-order valence-corrected chi connectivity index (χ0v) is 21.4. The molecular weight excluding hydrogens is 487 g/mol. The van der Waals surface area contributed by atoms with Gasteiger partial charge in [-0.2, -0.15) is 0 Å². The molecule has 8 heteroatoms. The third kappa shape index (κ3) is 6.95. The van der Waals surface area contributed by atoms with Crippen molar-refractivity contribution in [2.45, 2.75) is 30.5 Å². The number of nitrogens with zero attached hydrogens (tertiary/aromatic N) is 3. The number of hydrogen-bond donors (Lipinski definition) is 1. The Morgan fingerprint density at radius 2 is 1.85 bits per heavy atom. The highest BCUT2D eigenvalue weighted by Crippen LogP contribution is 2.29. The highest BCUT2D eigenvalue weighted by Gasteiger charge is 2.29. The monoisotopic (exact) mass is 514 g/mol. The fourth-order valence-corrected chi connectivity index (χ4v) is 5.35. The predicted molar refractivity (Wildman–Crippen MR) is 141 cm³/mol. The Balaban J connectivity index is 1.16. The molecule has 3 aromatic rings. The van der Waals surface area contributed by atoms with Crippen LogP contribution in [0.25, 0.3) is 11.1 Å². The van der Waals surface area contributed by atoms with Gasteiger partial charge in [-0.3, -0.25) is 4.79 Å². The minimum Gasteiger partial charge on any atom is -0.355 e. The molecule has 0 aliphatic carbocycles. The summed E-state index contributed by atoms with van der Waals surface area (Å²) in [7, 11) is 2.16. The highest BCUT2D eigenvalue weighted by atomic mass is 35.5. The topological polar surface area (TPSA) is 58.1 Å². The number of hydrogen-bond acceptors (Lipinski definition) is 5. The molecule has 5 nitrogen and oxygen atoms in total. The number of halogens is 2. The molecule has 0 radical (unpaired) electrons. The molecule has 34 heavy (non-hydrogen) atoms. The largest absolute Gasteiger partial charge is 0.355 e. The summed E-state index contributed by atoms with van der Waals surface area (Å²) in [5, 5.41) is 4.85. The zero-order chi connectivity index (χ0) is 23.9. The number of thioether (sulfide) groups is 1. The summed E-state index contributed by atoms with van der Waals surface area (Å²) in [6, 6.07) is 16.4. The van der Waals surface area contributed by atoms with E-state index in [0.29, 0.717) is 39.5 Å². The van der Waals surface area contributed by atoms with Crippen LogP contribution in [0.3, 0.4) is 0 Å². The number of likely N-dealkylation sites (tertiary alicyclic amines) is 1. The van der Waals surface area contributed by atoms with Gasteiger partial charge in [0.15, 0.2) is 5.16 Å². The molecule has 2 heterocycles. The average molecular weight is 516 g/mol. The summed E-state index contributed by atoms with van der Waals surface area (Å²) >= 11 is 13.5. The third-order valence-electron chi connectivity index (χ3n) is 6.15. The minimum atomic E-state index is 0.00809. The van der Waals surface area contributed by atoms with Gasteiger partial charge in [0.05, 0.1) is 15.8 Å². The van der Waals surface area contributed by atoms with Gasteiger partial charge in [0, 0.05) is 37.1 Å². The summed E-state index contributed by atoms with van der Waals surface area (Å²) in [6.45, 7) is 1.72. The Morgan fingerprint density at radius 1 is 1.09 bits per heavy atom. The molecule has 0 unspecified atom stereocenters. The van der Waals surface area contributed by atoms with Crippen molar-refractivity contribution in [3.05, 3.63) is 76.5 Å². The lowest BCUT2D eigenvalue weighted by Gasteiger charge is -2.19. The van der Waals surface area contributed by atoms with E-state index in [2.05, 4.69) is 33.3 Å². The minimum absolute atomic E-state index is 0.00809. The number of carbonyl (C=O) groups excluding carboxylic acids is 1. The summed E-state index contributed by atoms with van der Waals surface area (Å²) < 4.78 is 0. The van der Waals surface area contributed by atoms with Crippen LogP contribution < -0.4 is 5.32 Å². The lowest BCUT2D eigenvalue weighted by molar-refractivity contribution is -0.118. The van der Waals surface area contributed by atoms with E-state index in [4.69, 9.17) is 23.2 Å². The molecule has 0 spiro atoms. The first-order valence-electron chi connectivity index (χ1n) is 11.4. The van der Waals surface area contributed by atoms with Crippen molar-refractivity contribution < 1.29 is 4.79 Å². The fourth-order valence-electron chi connectivity index (χ4n) is 4.41. The number of benzene rings is 2. The van der Waals surface area contributed by atoms with Crippen LogP contribution in [0, 0.1) is 5.92 Å². The SMILES string of the molecule is CN1C[C@H](Cc2ccc(Cl)c(Cl)c2)C[C@H]1CCNC(=O)CSc1ncc(-c2ccccc2)cn1. The van der Waals surface area contributed by atoms with Crippen molar-refractivity contribution in [1.82, 2.24) is 20.2 Å². The lowest BCUT2D eigenvalue weighted by atomic mass is 9.96. The van der Waals surface area contributed by atoms with E-state index >= 15 is 0 Å². The third-order valence-corrected chi connectivity index (χ3v) is 7.77. The van der Waals surface area contributed by atoms with Crippen LogP contribution in [0.5, 0.6) is 0 Å². The molecule has 1 amide bonds. The van der Waals surface area contributed by atoms with E-state index in [1.807, 2.05) is 42.5 Å². The number of rotatable bonds is 9. The first kappa shape index (κ1) is 25.0. The van der Waals surface area contributed by atoms with Crippen molar-refractivity contribution >= 4 is 40.9 Å². The van der Waals surface area contributed by atoms with Crippen LogP contribution in [-0.2, 0) is 11.2 Å². The van der Waals surface area contributed by atoms with Crippen molar-refractivity contribution in [3.63, 3.8) is 0 Å². The Bertz CT molecular complexity index is 1100. The molecule has 1 N–H and O–H groups in total. The molecular formula is C26H28Cl2N4OS. The Hall–Kier alpha value is -2.12. The van der Waals surface area contributed by atoms with E-state index in [9.17, 15) is 4.79 Å². The van der Waals surface area contributed by atoms with E-state index in [-0.39, 0.29) is 5.91 Å². The quantitative estimate of drug-likeness (QED) is 0.297. The summed E-state index contributed by atoms with van der Waals surface area (Å²) in [5.41, 5.74) is 3.26. The lowest BCUT2D eigenvalue weighted by Crippen LogP contribution is -2.32. The second-order valence-corrected chi connectivity index (χ2v) is 10.5. The molecule has 2 aromatic carbocycles. The molecule has 0 bridgehead atoms. The Labute approximate surface area is 215 Å². The van der Waals surface area contributed by atoms with E-state index < -0.39 is 0 Å². The maximum Gasteiger partial charge on any atom is 0.230 e. The van der Waals surface area contributed by atoms with Crippen LogP contribution in [0.4, 0.5) is 0 Å². The number of amides is 1. The van der Waals surface area contributed by atoms with E-state index in [1.165, 1.54) is 17.3 Å². The van der Waals surface area contributed by atoms with Gasteiger partial charge in [-0.15, -0.1) is 0 Å². The van der Waals surface area contributed by atoms with E-state index in [0.717, 1.165) is 36.9 Å². The van der Waals surface area contributed by atoms with Gasteiger partial charge in [0.25, 0.3) is 0 Å². The molecule has 2 atom stereocenters. The molecule has 1 aromatic heterocycles. The Kier molecular flexibility index (Phi) is 8.84. The molecule has 0 saturated carbocycles. The maximum atomic E-state index is 12.3. The molecule has 1 saturated heterocycles. The molecule has 1 fully saturated rings. The van der Waals surface area contributed by atoms with Crippen LogP contribution in [-0.4, -0.2) is 52.7 Å². The van der Waals surface area contributed by atoms with E-state index in [1.54, 1.807) is 12.4 Å². The zero-order valence-electron chi connectivity index (χ0n) is 19.1. The van der Waals surface area contributed by atoms with Crippen molar-refractivity contribution in [3.8, 4) is 11.1 Å². The summed E-state index contributed by atoms with van der Waals surface area (Å²) in [4.78, 5) is 23.5. The highest BCUT2D eigenvalue weighted by molar-refractivity contribution is 7.99.